The van der Waals surface area contributed by atoms with Crippen molar-refractivity contribution in [1.82, 2.24) is 9.97 Å². The summed E-state index contributed by atoms with van der Waals surface area (Å²) in [6, 6.07) is 0. The third-order valence-corrected chi connectivity index (χ3v) is 2.66. The Morgan fingerprint density at radius 3 is 2.93 bits per heavy atom. The zero-order valence-corrected chi connectivity index (χ0v) is 9.16. The van der Waals surface area contributed by atoms with Gasteiger partial charge < -0.3 is 9.84 Å². The predicted octanol–water partition coefficient (Wildman–Crippen LogP) is 1.30. The van der Waals surface area contributed by atoms with Gasteiger partial charge in [0.25, 0.3) is 0 Å². The minimum atomic E-state index is -1.04. The summed E-state index contributed by atoms with van der Waals surface area (Å²) in [6.45, 7) is 0.662. The summed E-state index contributed by atoms with van der Waals surface area (Å²) in [5.41, 5.74) is 0.0138. The molecule has 6 heteroatoms. The fourth-order valence-electron chi connectivity index (χ4n) is 0.950. The van der Waals surface area contributed by atoms with E-state index in [9.17, 15) is 4.79 Å². The van der Waals surface area contributed by atoms with Gasteiger partial charge in [-0.15, -0.1) is 11.8 Å². The second-order valence-electron chi connectivity index (χ2n) is 2.71. The number of ether oxygens (including phenoxy) is 1. The Hall–Kier alpha value is -1.14. The van der Waals surface area contributed by atoms with Crippen molar-refractivity contribution in [2.24, 2.45) is 0 Å². The number of aromatic carboxylic acids is 1. The molecule has 15 heavy (non-hydrogen) atoms. The lowest BCUT2D eigenvalue weighted by Crippen LogP contribution is -2.04. The van der Waals surface area contributed by atoms with Crippen molar-refractivity contribution in [2.75, 3.05) is 19.5 Å². The van der Waals surface area contributed by atoms with Crippen LogP contribution in [0.1, 0.15) is 16.9 Å². The molecule has 0 bridgehead atoms. The van der Waals surface area contributed by atoms with Crippen LogP contribution < -0.4 is 0 Å². The maximum atomic E-state index is 10.8. The largest absolute Gasteiger partial charge is 0.476 e. The molecule has 0 aliphatic rings. The maximum Gasteiger partial charge on any atom is 0.357 e. The number of hydrogen-bond donors (Lipinski definition) is 1. The van der Waals surface area contributed by atoms with Crippen LogP contribution >= 0.6 is 11.8 Å². The molecule has 1 N–H and O–H groups in total. The Balaban J connectivity index is 2.56. The van der Waals surface area contributed by atoms with Crippen LogP contribution in [0.15, 0.2) is 17.4 Å². The molecular weight excluding hydrogens is 216 g/mol. The number of aromatic nitrogens is 2. The highest BCUT2D eigenvalue weighted by molar-refractivity contribution is 7.99. The number of carbonyl (C=O) groups is 1. The van der Waals surface area contributed by atoms with Crippen LogP contribution in [0.25, 0.3) is 0 Å². The van der Waals surface area contributed by atoms with Crippen molar-refractivity contribution in [2.45, 2.75) is 11.4 Å². The summed E-state index contributed by atoms with van der Waals surface area (Å²) in [6.07, 6.45) is 3.73. The van der Waals surface area contributed by atoms with Crippen molar-refractivity contribution in [3.63, 3.8) is 0 Å². The summed E-state index contributed by atoms with van der Waals surface area (Å²) < 4.78 is 4.89. The van der Waals surface area contributed by atoms with Gasteiger partial charge in [0.2, 0.25) is 0 Å². The summed E-state index contributed by atoms with van der Waals surface area (Å²) in [4.78, 5) is 18.5. The topological polar surface area (TPSA) is 72.3 Å². The lowest BCUT2D eigenvalue weighted by Gasteiger charge is -2.02. The number of methoxy groups -OCH3 is 1. The Morgan fingerprint density at radius 1 is 1.53 bits per heavy atom. The molecule has 5 nitrogen and oxygen atoms in total. The molecular formula is C9H12N2O3S. The van der Waals surface area contributed by atoms with Crippen molar-refractivity contribution >= 4 is 17.7 Å². The predicted molar refractivity (Wildman–Crippen MR) is 56.2 cm³/mol. The summed E-state index contributed by atoms with van der Waals surface area (Å²) in [5.74, 6) is -0.273. The molecule has 0 aromatic carbocycles. The molecule has 1 aromatic rings. The van der Waals surface area contributed by atoms with Gasteiger partial charge in [-0.05, 0) is 6.42 Å². The summed E-state index contributed by atoms with van der Waals surface area (Å²) in [5, 5.41) is 9.29. The van der Waals surface area contributed by atoms with Crippen molar-refractivity contribution in [3.8, 4) is 0 Å². The standard InChI is InChI=1S/C9H12N2O3S/c1-14-5-2-6-15-8-7(9(12)13)10-3-4-11-8/h3-4H,2,5-6H2,1H3,(H,12,13). The third kappa shape index (κ3) is 3.85. The minimum Gasteiger partial charge on any atom is -0.476 e. The van der Waals surface area contributed by atoms with Crippen LogP contribution in [-0.2, 0) is 4.74 Å². The lowest BCUT2D eigenvalue weighted by molar-refractivity contribution is 0.0685. The highest BCUT2D eigenvalue weighted by Crippen LogP contribution is 2.18. The molecule has 0 amide bonds. The van der Waals surface area contributed by atoms with Crippen molar-refractivity contribution in [3.05, 3.63) is 18.1 Å². The molecule has 0 saturated carbocycles. The molecule has 82 valence electrons. The molecule has 0 aliphatic heterocycles. The van der Waals surface area contributed by atoms with Gasteiger partial charge in [0.05, 0.1) is 0 Å². The zero-order chi connectivity index (χ0) is 11.1. The van der Waals surface area contributed by atoms with Crippen LogP contribution in [0.3, 0.4) is 0 Å². The van der Waals surface area contributed by atoms with E-state index in [1.807, 2.05) is 0 Å². The maximum absolute atomic E-state index is 10.8. The first-order valence-corrected chi connectivity index (χ1v) is 5.40. The minimum absolute atomic E-state index is 0.0138. The number of hydrogen-bond acceptors (Lipinski definition) is 5. The number of carboxylic acids is 1. The Kier molecular flexibility index (Phi) is 5.06. The van der Waals surface area contributed by atoms with E-state index in [2.05, 4.69) is 9.97 Å². The van der Waals surface area contributed by atoms with Gasteiger partial charge in [-0.25, -0.2) is 14.8 Å². The lowest BCUT2D eigenvalue weighted by atomic mass is 10.5. The Labute approximate surface area is 91.9 Å². The number of carboxylic acid groups (broad SMARTS) is 1. The van der Waals surface area contributed by atoms with Crippen LogP contribution in [0.4, 0.5) is 0 Å². The second-order valence-corrected chi connectivity index (χ2v) is 3.79. The smallest absolute Gasteiger partial charge is 0.357 e. The SMILES string of the molecule is COCCCSc1nccnc1C(=O)O. The van der Waals surface area contributed by atoms with E-state index in [0.29, 0.717) is 11.6 Å². The van der Waals surface area contributed by atoms with Gasteiger partial charge in [0, 0.05) is 31.9 Å². The van der Waals surface area contributed by atoms with Gasteiger partial charge in [-0.2, -0.15) is 0 Å². The first-order valence-electron chi connectivity index (χ1n) is 4.41. The average Bonchev–Trinajstić information content (AvgIpc) is 2.25. The van der Waals surface area contributed by atoms with Gasteiger partial charge in [0.15, 0.2) is 5.69 Å². The van der Waals surface area contributed by atoms with Crippen LogP contribution in [0.2, 0.25) is 0 Å². The van der Waals surface area contributed by atoms with E-state index in [1.165, 1.54) is 24.2 Å². The number of thioether (sulfide) groups is 1. The first kappa shape index (κ1) is 11.9. The molecule has 0 unspecified atom stereocenters. The average molecular weight is 228 g/mol. The third-order valence-electron chi connectivity index (χ3n) is 1.60. The van der Waals surface area contributed by atoms with Crippen molar-refractivity contribution < 1.29 is 14.6 Å². The number of nitrogens with zero attached hydrogens (tertiary/aromatic N) is 2. The van der Waals surface area contributed by atoms with Crippen LogP contribution in [0.5, 0.6) is 0 Å². The highest BCUT2D eigenvalue weighted by atomic mass is 32.2. The Morgan fingerprint density at radius 2 is 2.27 bits per heavy atom. The molecule has 0 fully saturated rings. The first-order chi connectivity index (χ1) is 7.25. The molecule has 1 rings (SSSR count). The molecule has 0 atom stereocenters. The fraction of sp³-hybridized carbons (Fsp3) is 0.444. The molecule has 1 heterocycles. The number of rotatable bonds is 6. The molecule has 1 aromatic heterocycles. The van der Waals surface area contributed by atoms with E-state index in [-0.39, 0.29) is 5.69 Å². The monoisotopic (exact) mass is 228 g/mol. The van der Waals surface area contributed by atoms with Crippen LogP contribution in [-0.4, -0.2) is 40.5 Å². The van der Waals surface area contributed by atoms with E-state index < -0.39 is 5.97 Å². The van der Waals surface area contributed by atoms with E-state index in [1.54, 1.807) is 7.11 Å². The van der Waals surface area contributed by atoms with E-state index in [0.717, 1.165) is 12.2 Å². The zero-order valence-electron chi connectivity index (χ0n) is 8.34. The summed E-state index contributed by atoms with van der Waals surface area (Å²) in [7, 11) is 1.63. The van der Waals surface area contributed by atoms with Gasteiger partial charge in [-0.1, -0.05) is 0 Å². The Bertz CT molecular complexity index is 333. The van der Waals surface area contributed by atoms with E-state index in [4.69, 9.17) is 9.84 Å². The fourth-order valence-corrected chi connectivity index (χ4v) is 1.82. The molecule has 0 saturated heterocycles. The van der Waals surface area contributed by atoms with Gasteiger partial charge in [-0.3, -0.25) is 0 Å². The van der Waals surface area contributed by atoms with Gasteiger partial charge in [0.1, 0.15) is 5.03 Å². The highest BCUT2D eigenvalue weighted by Gasteiger charge is 2.12. The molecule has 0 spiro atoms. The summed E-state index contributed by atoms with van der Waals surface area (Å²) >= 11 is 1.38. The van der Waals surface area contributed by atoms with E-state index >= 15 is 0 Å². The van der Waals surface area contributed by atoms with Crippen LogP contribution in [0, 0.1) is 0 Å². The molecule has 0 radical (unpaired) electrons. The van der Waals surface area contributed by atoms with Crippen molar-refractivity contribution in [1.29, 1.82) is 0 Å². The normalized spacial score (nSPS) is 10.2. The molecule has 0 aliphatic carbocycles. The van der Waals surface area contributed by atoms with Gasteiger partial charge >= 0.3 is 5.97 Å². The second kappa shape index (κ2) is 6.36. The quantitative estimate of drug-likeness (QED) is 0.584.